The van der Waals surface area contributed by atoms with E-state index >= 15 is 0 Å². The molecule has 52 heavy (non-hydrogen) atoms. The van der Waals surface area contributed by atoms with Crippen molar-refractivity contribution in [3.63, 3.8) is 0 Å². The molecule has 3 heteroatoms. The second kappa shape index (κ2) is 12.1. The maximum atomic E-state index is 14.0. The number of rotatable bonds is 6. The molecule has 0 saturated carbocycles. The summed E-state index contributed by atoms with van der Waals surface area (Å²) in [4.78, 5) is 16.3. The molecule has 0 aliphatic heterocycles. The molecule has 244 valence electrons. The second-order valence-corrected chi connectivity index (χ2v) is 13.3. The molecule has 0 atom stereocenters. The lowest BCUT2D eigenvalue weighted by molar-refractivity contribution is 0.104. The Kier molecular flexibility index (Phi) is 6.97. The van der Waals surface area contributed by atoms with Crippen LogP contribution in [0.3, 0.4) is 0 Å². The zero-order valence-corrected chi connectivity index (χ0v) is 28.3. The van der Waals surface area contributed by atoms with Crippen molar-refractivity contribution in [3.8, 4) is 39.1 Å². The number of hydrogen-bond acceptors (Lipinski definition) is 2. The van der Waals surface area contributed by atoms with Crippen LogP contribution < -0.4 is 4.90 Å². The molecule has 10 rings (SSSR count). The Morgan fingerprint density at radius 3 is 1.48 bits per heavy atom. The third-order valence-electron chi connectivity index (χ3n) is 10.3. The van der Waals surface area contributed by atoms with E-state index in [9.17, 15) is 4.79 Å². The molecule has 0 bridgehead atoms. The fourth-order valence-corrected chi connectivity index (χ4v) is 8.04. The number of para-hydroxylation sites is 4. The van der Waals surface area contributed by atoms with Gasteiger partial charge in [0.25, 0.3) is 0 Å². The van der Waals surface area contributed by atoms with E-state index in [1.807, 2.05) is 36.4 Å². The minimum atomic E-state index is 0.0754. The Morgan fingerprint density at radius 2 is 0.846 bits per heavy atom. The zero-order chi connectivity index (χ0) is 34.6. The molecule has 0 N–H and O–H groups in total. The first-order valence-corrected chi connectivity index (χ1v) is 17.7. The third kappa shape index (κ3) is 4.71. The highest BCUT2D eigenvalue weighted by atomic mass is 16.1. The average molecular weight is 665 g/mol. The van der Waals surface area contributed by atoms with Crippen LogP contribution in [0.5, 0.6) is 0 Å². The molecule has 0 radical (unpaired) electrons. The van der Waals surface area contributed by atoms with Crippen molar-refractivity contribution in [1.82, 2.24) is 4.57 Å². The minimum Gasteiger partial charge on any atom is -0.311 e. The number of nitrogens with zero attached hydrogens (tertiary/aromatic N) is 2. The van der Waals surface area contributed by atoms with E-state index in [0.717, 1.165) is 72.8 Å². The van der Waals surface area contributed by atoms with E-state index in [1.165, 1.54) is 16.3 Å². The van der Waals surface area contributed by atoms with Crippen LogP contribution in [0, 0.1) is 0 Å². The highest BCUT2D eigenvalue weighted by Crippen LogP contribution is 2.48. The molecule has 1 heterocycles. The van der Waals surface area contributed by atoms with Gasteiger partial charge in [0.15, 0.2) is 5.78 Å². The Bertz CT molecular complexity index is 2740. The Balaban J connectivity index is 1.11. The fraction of sp³-hybridized carbons (Fsp3) is 0. The number of ketones is 1. The molecule has 1 aliphatic rings. The van der Waals surface area contributed by atoms with Gasteiger partial charge < -0.3 is 9.47 Å². The molecular weight excluding hydrogens is 633 g/mol. The number of hydrogen-bond donors (Lipinski definition) is 0. The van der Waals surface area contributed by atoms with Gasteiger partial charge in [0, 0.05) is 55.8 Å². The molecular formula is C49H32N2O. The van der Waals surface area contributed by atoms with Gasteiger partial charge in [-0.1, -0.05) is 127 Å². The van der Waals surface area contributed by atoms with Crippen molar-refractivity contribution in [2.24, 2.45) is 0 Å². The van der Waals surface area contributed by atoms with E-state index in [1.54, 1.807) is 0 Å². The summed E-state index contributed by atoms with van der Waals surface area (Å²) in [6.07, 6.45) is 0. The van der Waals surface area contributed by atoms with Crippen molar-refractivity contribution < 1.29 is 4.79 Å². The maximum Gasteiger partial charge on any atom is 0.194 e. The topological polar surface area (TPSA) is 25.2 Å². The predicted octanol–water partition coefficient (Wildman–Crippen LogP) is 12.8. The number of aromatic nitrogens is 1. The van der Waals surface area contributed by atoms with Gasteiger partial charge in [-0.2, -0.15) is 0 Å². The average Bonchev–Trinajstić information content (AvgIpc) is 3.71. The Morgan fingerprint density at radius 1 is 0.365 bits per heavy atom. The number of carbonyl (C=O) groups is 1. The largest absolute Gasteiger partial charge is 0.311 e. The van der Waals surface area contributed by atoms with Crippen molar-refractivity contribution in [2.45, 2.75) is 0 Å². The van der Waals surface area contributed by atoms with Crippen LogP contribution in [-0.4, -0.2) is 10.4 Å². The minimum absolute atomic E-state index is 0.0754. The van der Waals surface area contributed by atoms with Crippen LogP contribution in [0.1, 0.15) is 15.9 Å². The quantitative estimate of drug-likeness (QED) is 0.177. The van der Waals surface area contributed by atoms with Gasteiger partial charge in [-0.05, 0) is 89.0 Å². The maximum absolute atomic E-state index is 14.0. The van der Waals surface area contributed by atoms with E-state index in [-0.39, 0.29) is 5.78 Å². The summed E-state index contributed by atoms with van der Waals surface area (Å²) in [7, 11) is 0. The predicted molar refractivity (Wildman–Crippen MR) is 215 cm³/mol. The van der Waals surface area contributed by atoms with Crippen LogP contribution in [0.25, 0.3) is 60.9 Å². The number of fused-ring (bicyclic) bond motifs is 6. The Labute approximate surface area is 302 Å². The first kappa shape index (κ1) is 29.9. The van der Waals surface area contributed by atoms with Crippen molar-refractivity contribution >= 4 is 44.7 Å². The van der Waals surface area contributed by atoms with Gasteiger partial charge in [0.2, 0.25) is 0 Å². The first-order chi connectivity index (χ1) is 25.7. The molecule has 0 amide bonds. The Hall–Kier alpha value is -6.97. The summed E-state index contributed by atoms with van der Waals surface area (Å²) in [6, 6.07) is 67.7. The molecule has 0 fully saturated rings. The third-order valence-corrected chi connectivity index (χ3v) is 10.3. The summed E-state index contributed by atoms with van der Waals surface area (Å²) in [5.74, 6) is 0.0754. The lowest BCUT2D eigenvalue weighted by Gasteiger charge is -2.25. The number of carbonyl (C=O) groups excluding carboxylic acids is 1. The summed E-state index contributed by atoms with van der Waals surface area (Å²) in [6.45, 7) is 0. The first-order valence-electron chi connectivity index (χ1n) is 17.7. The molecule has 0 spiro atoms. The van der Waals surface area contributed by atoms with Crippen molar-refractivity contribution in [2.75, 3.05) is 4.90 Å². The SMILES string of the molecule is O=C1c2cccc(-c3ccc(N(c4ccccc4)c4ccccc4)cc3)c2-c2c1cccc2-c1ccc2c(c1)c1ccccc1n2-c1ccccc1. The summed E-state index contributed by atoms with van der Waals surface area (Å²) in [5, 5.41) is 2.39. The monoisotopic (exact) mass is 664 g/mol. The van der Waals surface area contributed by atoms with Gasteiger partial charge in [-0.3, -0.25) is 4.79 Å². The fourth-order valence-electron chi connectivity index (χ4n) is 8.04. The van der Waals surface area contributed by atoms with Crippen molar-refractivity contribution in [1.29, 1.82) is 0 Å². The molecule has 3 nitrogen and oxygen atoms in total. The highest BCUT2D eigenvalue weighted by Gasteiger charge is 2.31. The van der Waals surface area contributed by atoms with Gasteiger partial charge in [0.05, 0.1) is 11.0 Å². The summed E-state index contributed by atoms with van der Waals surface area (Å²) in [5.41, 5.74) is 14.5. The van der Waals surface area contributed by atoms with E-state index in [4.69, 9.17) is 0 Å². The lowest BCUT2D eigenvalue weighted by atomic mass is 9.89. The van der Waals surface area contributed by atoms with Gasteiger partial charge in [-0.15, -0.1) is 0 Å². The van der Waals surface area contributed by atoms with E-state index < -0.39 is 0 Å². The van der Waals surface area contributed by atoms with Crippen LogP contribution >= 0.6 is 0 Å². The molecule has 0 unspecified atom stereocenters. The standard InChI is InChI=1S/C49H32N2O/c52-49-42-23-12-21-39(33-26-29-38(30-27-33)50(35-14-4-1-5-15-35)36-16-6-2-7-17-36)47(42)48-40(22-13-24-43(48)49)34-28-31-46-44(32-34)41-20-10-11-25-45(41)51(46)37-18-8-3-9-19-37/h1-32H. The smallest absolute Gasteiger partial charge is 0.194 e. The second-order valence-electron chi connectivity index (χ2n) is 13.3. The summed E-state index contributed by atoms with van der Waals surface area (Å²) >= 11 is 0. The van der Waals surface area contributed by atoms with Crippen LogP contribution in [0.2, 0.25) is 0 Å². The van der Waals surface area contributed by atoms with Crippen LogP contribution in [0.15, 0.2) is 194 Å². The summed E-state index contributed by atoms with van der Waals surface area (Å²) < 4.78 is 2.33. The zero-order valence-electron chi connectivity index (χ0n) is 28.3. The van der Waals surface area contributed by atoms with Gasteiger partial charge >= 0.3 is 0 Å². The number of anilines is 3. The molecule has 8 aromatic carbocycles. The molecule has 9 aromatic rings. The van der Waals surface area contributed by atoms with E-state index in [0.29, 0.717) is 0 Å². The molecule has 1 aliphatic carbocycles. The van der Waals surface area contributed by atoms with Crippen LogP contribution in [0.4, 0.5) is 17.1 Å². The molecule has 0 saturated heterocycles. The van der Waals surface area contributed by atoms with E-state index in [2.05, 4.69) is 167 Å². The normalized spacial score (nSPS) is 11.9. The number of benzene rings is 8. The molecule has 1 aromatic heterocycles. The van der Waals surface area contributed by atoms with Crippen LogP contribution in [-0.2, 0) is 0 Å². The van der Waals surface area contributed by atoms with Crippen molar-refractivity contribution in [3.05, 3.63) is 205 Å². The van der Waals surface area contributed by atoms with Gasteiger partial charge in [0.1, 0.15) is 0 Å². The lowest BCUT2D eigenvalue weighted by Crippen LogP contribution is -2.09. The van der Waals surface area contributed by atoms with Gasteiger partial charge in [-0.25, -0.2) is 0 Å². The highest BCUT2D eigenvalue weighted by molar-refractivity contribution is 6.26.